The van der Waals surface area contributed by atoms with E-state index >= 15 is 0 Å². The van der Waals surface area contributed by atoms with E-state index in [9.17, 15) is 4.79 Å². The van der Waals surface area contributed by atoms with Crippen molar-refractivity contribution in [2.45, 2.75) is 6.92 Å². The SMILES string of the molecule is COC(=O)c1sc2ccc(Cl)cc2c1C. The Morgan fingerprint density at radius 1 is 1.47 bits per heavy atom. The van der Waals surface area contributed by atoms with Gasteiger partial charge in [-0.25, -0.2) is 4.79 Å². The van der Waals surface area contributed by atoms with Gasteiger partial charge in [-0.05, 0) is 36.1 Å². The van der Waals surface area contributed by atoms with E-state index in [1.807, 2.05) is 25.1 Å². The molecule has 0 unspecified atom stereocenters. The predicted octanol–water partition coefficient (Wildman–Crippen LogP) is 3.65. The first-order valence-corrected chi connectivity index (χ1v) is 5.60. The van der Waals surface area contributed by atoms with Gasteiger partial charge in [0.05, 0.1) is 7.11 Å². The molecule has 0 radical (unpaired) electrons. The fourth-order valence-electron chi connectivity index (χ4n) is 1.48. The number of esters is 1. The molecule has 0 atom stereocenters. The normalized spacial score (nSPS) is 10.6. The fraction of sp³-hybridized carbons (Fsp3) is 0.182. The van der Waals surface area contributed by atoms with Crippen molar-refractivity contribution in [2.24, 2.45) is 0 Å². The van der Waals surface area contributed by atoms with E-state index in [0.29, 0.717) is 9.90 Å². The maximum atomic E-state index is 11.4. The van der Waals surface area contributed by atoms with Crippen molar-refractivity contribution in [3.05, 3.63) is 33.7 Å². The number of ether oxygens (including phenoxy) is 1. The molecule has 1 heterocycles. The van der Waals surface area contributed by atoms with E-state index in [0.717, 1.165) is 15.6 Å². The van der Waals surface area contributed by atoms with Crippen LogP contribution in [0.15, 0.2) is 18.2 Å². The molecule has 0 N–H and O–H groups in total. The zero-order valence-electron chi connectivity index (χ0n) is 8.33. The van der Waals surface area contributed by atoms with Crippen molar-refractivity contribution in [1.29, 1.82) is 0 Å². The standard InChI is InChI=1S/C11H9ClO2S/c1-6-8-5-7(12)3-4-9(8)15-10(6)11(13)14-2/h3-5H,1-2H3. The smallest absolute Gasteiger partial charge is 0.348 e. The van der Waals surface area contributed by atoms with Crippen LogP contribution in [-0.2, 0) is 4.74 Å². The predicted molar refractivity (Wildman–Crippen MR) is 62.9 cm³/mol. The van der Waals surface area contributed by atoms with Gasteiger partial charge in [-0.15, -0.1) is 11.3 Å². The number of hydrogen-bond donors (Lipinski definition) is 0. The molecule has 2 aromatic rings. The van der Waals surface area contributed by atoms with Gasteiger partial charge in [0.15, 0.2) is 0 Å². The molecule has 1 aromatic carbocycles. The lowest BCUT2D eigenvalue weighted by atomic mass is 10.1. The summed E-state index contributed by atoms with van der Waals surface area (Å²) in [7, 11) is 1.39. The van der Waals surface area contributed by atoms with Crippen molar-refractivity contribution >= 4 is 39.0 Å². The number of carbonyl (C=O) groups is 1. The Morgan fingerprint density at radius 2 is 2.20 bits per heavy atom. The van der Waals surface area contributed by atoms with E-state index in [1.54, 1.807) is 0 Å². The van der Waals surface area contributed by atoms with Crippen LogP contribution in [0.5, 0.6) is 0 Å². The Morgan fingerprint density at radius 3 is 2.87 bits per heavy atom. The van der Waals surface area contributed by atoms with E-state index in [1.165, 1.54) is 18.4 Å². The zero-order chi connectivity index (χ0) is 11.0. The molecule has 0 aliphatic rings. The molecule has 2 nitrogen and oxygen atoms in total. The van der Waals surface area contributed by atoms with Gasteiger partial charge < -0.3 is 4.74 Å². The highest BCUT2D eigenvalue weighted by molar-refractivity contribution is 7.21. The number of aryl methyl sites for hydroxylation is 1. The molecule has 15 heavy (non-hydrogen) atoms. The Kier molecular flexibility index (Phi) is 2.67. The third-order valence-corrected chi connectivity index (χ3v) is 3.76. The molecule has 1 aromatic heterocycles. The lowest BCUT2D eigenvalue weighted by Gasteiger charge is -1.96. The van der Waals surface area contributed by atoms with E-state index < -0.39 is 0 Å². The Labute approximate surface area is 96.4 Å². The number of rotatable bonds is 1. The summed E-state index contributed by atoms with van der Waals surface area (Å²) >= 11 is 7.33. The molecule has 2 rings (SSSR count). The lowest BCUT2D eigenvalue weighted by molar-refractivity contribution is 0.0605. The van der Waals surface area contributed by atoms with Gasteiger partial charge in [0.2, 0.25) is 0 Å². The summed E-state index contributed by atoms with van der Waals surface area (Å²) in [6, 6.07) is 5.61. The summed E-state index contributed by atoms with van der Waals surface area (Å²) in [4.78, 5) is 12.1. The molecular weight excluding hydrogens is 232 g/mol. The number of carbonyl (C=O) groups excluding carboxylic acids is 1. The first-order chi connectivity index (χ1) is 7.13. The van der Waals surface area contributed by atoms with Crippen LogP contribution in [0, 0.1) is 6.92 Å². The monoisotopic (exact) mass is 240 g/mol. The molecule has 78 valence electrons. The Bertz CT molecular complexity index is 531. The summed E-state index contributed by atoms with van der Waals surface area (Å²) in [5, 5.41) is 1.70. The molecular formula is C11H9ClO2S. The van der Waals surface area contributed by atoms with Crippen molar-refractivity contribution in [3.63, 3.8) is 0 Å². The van der Waals surface area contributed by atoms with Crippen LogP contribution in [0.25, 0.3) is 10.1 Å². The van der Waals surface area contributed by atoms with E-state index in [4.69, 9.17) is 16.3 Å². The van der Waals surface area contributed by atoms with Crippen LogP contribution in [0.3, 0.4) is 0 Å². The summed E-state index contributed by atoms with van der Waals surface area (Å²) in [5.41, 5.74) is 0.935. The number of benzene rings is 1. The summed E-state index contributed by atoms with van der Waals surface area (Å²) in [6.07, 6.45) is 0. The molecule has 0 saturated heterocycles. The van der Waals surface area contributed by atoms with Crippen LogP contribution in [-0.4, -0.2) is 13.1 Å². The van der Waals surface area contributed by atoms with Crippen LogP contribution in [0.1, 0.15) is 15.2 Å². The van der Waals surface area contributed by atoms with Gasteiger partial charge in [0.1, 0.15) is 4.88 Å². The van der Waals surface area contributed by atoms with Crippen molar-refractivity contribution in [1.82, 2.24) is 0 Å². The molecule has 4 heteroatoms. The molecule has 0 amide bonds. The second-order valence-electron chi connectivity index (χ2n) is 3.19. The summed E-state index contributed by atoms with van der Waals surface area (Å²) in [5.74, 6) is -0.287. The number of methoxy groups -OCH3 is 1. The summed E-state index contributed by atoms with van der Waals surface area (Å²) in [6.45, 7) is 1.90. The fourth-order valence-corrected chi connectivity index (χ4v) is 2.76. The highest BCUT2D eigenvalue weighted by Gasteiger charge is 2.15. The lowest BCUT2D eigenvalue weighted by Crippen LogP contribution is -1.99. The van der Waals surface area contributed by atoms with Crippen molar-refractivity contribution < 1.29 is 9.53 Å². The van der Waals surface area contributed by atoms with Crippen LogP contribution < -0.4 is 0 Å². The van der Waals surface area contributed by atoms with Crippen molar-refractivity contribution in [2.75, 3.05) is 7.11 Å². The Balaban J connectivity index is 2.69. The maximum absolute atomic E-state index is 11.4. The molecule has 0 aliphatic heterocycles. The first-order valence-electron chi connectivity index (χ1n) is 4.40. The third kappa shape index (κ3) is 1.73. The van der Waals surface area contributed by atoms with E-state index in [2.05, 4.69) is 0 Å². The second-order valence-corrected chi connectivity index (χ2v) is 4.68. The minimum Gasteiger partial charge on any atom is -0.465 e. The van der Waals surface area contributed by atoms with Gasteiger partial charge in [0, 0.05) is 9.72 Å². The molecule has 0 saturated carbocycles. The molecule has 0 fully saturated rings. The molecule has 0 spiro atoms. The zero-order valence-corrected chi connectivity index (χ0v) is 9.91. The van der Waals surface area contributed by atoms with Crippen LogP contribution >= 0.6 is 22.9 Å². The number of thiophene rings is 1. The minimum atomic E-state index is -0.287. The third-order valence-electron chi connectivity index (χ3n) is 2.27. The van der Waals surface area contributed by atoms with Gasteiger partial charge in [-0.3, -0.25) is 0 Å². The largest absolute Gasteiger partial charge is 0.465 e. The van der Waals surface area contributed by atoms with Gasteiger partial charge in [0.25, 0.3) is 0 Å². The molecule has 0 aliphatic carbocycles. The van der Waals surface area contributed by atoms with E-state index in [-0.39, 0.29) is 5.97 Å². The quantitative estimate of drug-likeness (QED) is 0.712. The molecule has 0 bridgehead atoms. The Hall–Kier alpha value is -1.06. The summed E-state index contributed by atoms with van der Waals surface area (Å²) < 4.78 is 5.77. The minimum absolute atomic E-state index is 0.287. The highest BCUT2D eigenvalue weighted by atomic mass is 35.5. The highest BCUT2D eigenvalue weighted by Crippen LogP contribution is 2.32. The van der Waals surface area contributed by atoms with Gasteiger partial charge >= 0.3 is 5.97 Å². The topological polar surface area (TPSA) is 26.3 Å². The maximum Gasteiger partial charge on any atom is 0.348 e. The average molecular weight is 241 g/mol. The van der Waals surface area contributed by atoms with Gasteiger partial charge in [-0.1, -0.05) is 11.6 Å². The number of fused-ring (bicyclic) bond motifs is 1. The van der Waals surface area contributed by atoms with Crippen LogP contribution in [0.4, 0.5) is 0 Å². The first kappa shape index (κ1) is 10.5. The van der Waals surface area contributed by atoms with Crippen LogP contribution in [0.2, 0.25) is 5.02 Å². The second kappa shape index (κ2) is 3.83. The number of hydrogen-bond acceptors (Lipinski definition) is 3. The number of halogens is 1. The van der Waals surface area contributed by atoms with Gasteiger partial charge in [-0.2, -0.15) is 0 Å². The average Bonchev–Trinajstić information content (AvgIpc) is 2.55. The van der Waals surface area contributed by atoms with Crippen molar-refractivity contribution in [3.8, 4) is 0 Å².